The Morgan fingerprint density at radius 1 is 1.26 bits per heavy atom. The molecule has 1 aliphatic rings. The van der Waals surface area contributed by atoms with Gasteiger partial charge in [0.25, 0.3) is 5.91 Å². The predicted octanol–water partition coefficient (Wildman–Crippen LogP) is 0.194. The maximum absolute atomic E-state index is 14.6. The Morgan fingerprint density at radius 2 is 1.94 bits per heavy atom. The molecule has 0 atom stereocenters. The van der Waals surface area contributed by atoms with Gasteiger partial charge in [0.1, 0.15) is 5.82 Å². The molecule has 3 rings (SSSR count). The van der Waals surface area contributed by atoms with Gasteiger partial charge in [0, 0.05) is 39.0 Å². The van der Waals surface area contributed by atoms with E-state index in [0.29, 0.717) is 43.1 Å². The topological polar surface area (TPSA) is 160 Å². The second kappa shape index (κ2) is 10.3. The molecule has 1 aliphatic heterocycles. The predicted molar refractivity (Wildman–Crippen MR) is 120 cm³/mol. The van der Waals surface area contributed by atoms with E-state index in [2.05, 4.69) is 15.3 Å². The van der Waals surface area contributed by atoms with Crippen molar-refractivity contribution < 1.29 is 34.0 Å². The summed E-state index contributed by atoms with van der Waals surface area (Å²) in [6.07, 6.45) is 0.0853. The number of anilines is 4. The number of aryl methyl sites for hydroxylation is 1. The standard InChI is InChI=1S/C21H27FN6O6/c1-12-8-14(19(30)26-21(31,32)33)15(22)9-16(12)24-20-23-10-17(27(2)3)18(25-20)28(11-29)13-4-6-34-7-5-13/h8-11,13,31-33H,4-7H2,1-3H3,(H,26,30)(H,23,24,25). The first-order chi connectivity index (χ1) is 16.0. The van der Waals surface area contributed by atoms with E-state index in [4.69, 9.17) is 20.1 Å². The Bertz CT molecular complexity index is 1050. The van der Waals surface area contributed by atoms with Crippen molar-refractivity contribution >= 4 is 35.5 Å². The lowest BCUT2D eigenvalue weighted by atomic mass is 10.1. The number of hydrogen-bond donors (Lipinski definition) is 5. The smallest absolute Gasteiger partial charge is 0.369 e. The lowest BCUT2D eigenvalue weighted by molar-refractivity contribution is -0.323. The van der Waals surface area contributed by atoms with Crippen LogP contribution in [0, 0.1) is 12.7 Å². The number of aromatic nitrogens is 2. The van der Waals surface area contributed by atoms with Crippen LogP contribution < -0.4 is 20.4 Å². The second-order valence-corrected chi connectivity index (χ2v) is 8.01. The molecule has 0 bridgehead atoms. The van der Waals surface area contributed by atoms with Crippen LogP contribution in [0.1, 0.15) is 28.8 Å². The normalized spacial score (nSPS) is 14.4. The first kappa shape index (κ1) is 25.2. The summed E-state index contributed by atoms with van der Waals surface area (Å²) in [6, 6.07) is 2.08. The monoisotopic (exact) mass is 478 g/mol. The van der Waals surface area contributed by atoms with Gasteiger partial charge < -0.3 is 30.3 Å². The molecular formula is C21H27FN6O6. The van der Waals surface area contributed by atoms with Gasteiger partial charge in [-0.25, -0.2) is 9.37 Å². The molecule has 0 unspecified atom stereocenters. The van der Waals surface area contributed by atoms with Crippen molar-refractivity contribution in [3.8, 4) is 0 Å². The minimum Gasteiger partial charge on any atom is -0.381 e. The van der Waals surface area contributed by atoms with Gasteiger partial charge in [-0.3, -0.25) is 19.8 Å². The fraction of sp³-hybridized carbons (Fsp3) is 0.429. The average molecular weight is 478 g/mol. The summed E-state index contributed by atoms with van der Waals surface area (Å²) in [7, 11) is 3.59. The number of amides is 2. The molecule has 0 aliphatic carbocycles. The Kier molecular flexibility index (Phi) is 7.61. The summed E-state index contributed by atoms with van der Waals surface area (Å²) in [5, 5.41) is 31.0. The lowest BCUT2D eigenvalue weighted by Gasteiger charge is -2.32. The van der Waals surface area contributed by atoms with Crippen molar-refractivity contribution in [1.29, 1.82) is 0 Å². The largest absolute Gasteiger partial charge is 0.381 e. The molecule has 2 aromatic rings. The van der Waals surface area contributed by atoms with Crippen LogP contribution in [-0.2, 0) is 9.53 Å². The van der Waals surface area contributed by atoms with E-state index >= 15 is 0 Å². The average Bonchev–Trinajstić information content (AvgIpc) is 2.76. The first-order valence-electron chi connectivity index (χ1n) is 10.4. The molecule has 1 aromatic carbocycles. The highest BCUT2D eigenvalue weighted by Gasteiger charge is 2.27. The van der Waals surface area contributed by atoms with E-state index in [0.717, 1.165) is 18.5 Å². The Labute approximate surface area is 195 Å². The lowest BCUT2D eigenvalue weighted by Crippen LogP contribution is -2.48. The maximum atomic E-state index is 14.6. The number of nitrogens with one attached hydrogen (secondary N) is 2. The van der Waals surface area contributed by atoms with Crippen molar-refractivity contribution in [2.45, 2.75) is 31.9 Å². The van der Waals surface area contributed by atoms with E-state index in [9.17, 15) is 14.0 Å². The molecule has 0 spiro atoms. The van der Waals surface area contributed by atoms with Gasteiger partial charge in [0.05, 0.1) is 17.4 Å². The number of rotatable bonds is 8. The van der Waals surface area contributed by atoms with Crippen molar-refractivity contribution in [3.05, 3.63) is 35.3 Å². The van der Waals surface area contributed by atoms with E-state index in [1.165, 1.54) is 16.4 Å². The Balaban J connectivity index is 1.92. The van der Waals surface area contributed by atoms with E-state index in [1.54, 1.807) is 25.9 Å². The van der Waals surface area contributed by atoms with Crippen molar-refractivity contribution in [2.24, 2.45) is 0 Å². The number of nitrogens with zero attached hydrogens (tertiary/aromatic N) is 4. The fourth-order valence-corrected chi connectivity index (χ4v) is 3.53. The van der Waals surface area contributed by atoms with Crippen LogP contribution in [0.2, 0.25) is 0 Å². The minimum atomic E-state index is -3.48. The Hall–Kier alpha value is -3.39. The number of hydrogen-bond acceptors (Lipinski definition) is 10. The van der Waals surface area contributed by atoms with Crippen molar-refractivity contribution in [3.63, 3.8) is 0 Å². The number of aliphatic hydroxyl groups is 3. The van der Waals surface area contributed by atoms with Gasteiger partial charge in [-0.05, 0) is 37.5 Å². The fourth-order valence-electron chi connectivity index (χ4n) is 3.53. The van der Waals surface area contributed by atoms with Gasteiger partial charge in [-0.1, -0.05) is 0 Å². The van der Waals surface area contributed by atoms with Gasteiger partial charge in [0.15, 0.2) is 5.82 Å². The highest BCUT2D eigenvalue weighted by molar-refractivity contribution is 5.95. The van der Waals surface area contributed by atoms with Crippen LogP contribution in [0.5, 0.6) is 0 Å². The first-order valence-corrected chi connectivity index (χ1v) is 10.4. The molecule has 1 saturated heterocycles. The summed E-state index contributed by atoms with van der Waals surface area (Å²) < 4.78 is 20.0. The number of carbonyl (C=O) groups excluding carboxylic acids is 2. The summed E-state index contributed by atoms with van der Waals surface area (Å²) in [4.78, 5) is 36.0. The number of ether oxygens (including phenoxy) is 1. The van der Waals surface area contributed by atoms with Crippen LogP contribution in [-0.4, -0.2) is 77.1 Å². The quantitative estimate of drug-likeness (QED) is 0.262. The summed E-state index contributed by atoms with van der Waals surface area (Å²) in [5.74, 6) is -1.74. The second-order valence-electron chi connectivity index (χ2n) is 8.01. The van der Waals surface area contributed by atoms with Crippen LogP contribution >= 0.6 is 0 Å². The molecule has 5 N–H and O–H groups in total. The molecule has 13 heteroatoms. The number of halogens is 1. The molecule has 12 nitrogen and oxygen atoms in total. The molecule has 2 amide bonds. The van der Waals surface area contributed by atoms with Crippen LogP contribution in [0.3, 0.4) is 0 Å². The Morgan fingerprint density at radius 3 is 2.53 bits per heavy atom. The summed E-state index contributed by atoms with van der Waals surface area (Å²) >= 11 is 0. The SMILES string of the molecule is Cc1cc(C(=O)NC(O)(O)O)c(F)cc1Nc1ncc(N(C)C)c(N(C=O)C2CCOCC2)n1. The zero-order valence-corrected chi connectivity index (χ0v) is 18.9. The van der Waals surface area contributed by atoms with Crippen molar-refractivity contribution in [1.82, 2.24) is 15.3 Å². The molecule has 1 fully saturated rings. The van der Waals surface area contributed by atoms with Gasteiger partial charge in [0.2, 0.25) is 12.4 Å². The van der Waals surface area contributed by atoms with Crippen LogP contribution in [0.25, 0.3) is 0 Å². The molecule has 2 heterocycles. The molecule has 0 radical (unpaired) electrons. The van der Waals surface area contributed by atoms with Gasteiger partial charge in [-0.15, -0.1) is 0 Å². The molecule has 34 heavy (non-hydrogen) atoms. The highest BCUT2D eigenvalue weighted by atomic mass is 19.1. The third-order valence-electron chi connectivity index (χ3n) is 5.26. The third kappa shape index (κ3) is 5.94. The van der Waals surface area contributed by atoms with E-state index in [-0.39, 0.29) is 17.7 Å². The summed E-state index contributed by atoms with van der Waals surface area (Å²) in [6.45, 7) is 2.65. The van der Waals surface area contributed by atoms with Gasteiger partial charge in [-0.2, -0.15) is 4.98 Å². The highest BCUT2D eigenvalue weighted by Crippen LogP contribution is 2.31. The molecule has 0 saturated carbocycles. The zero-order chi connectivity index (χ0) is 25.0. The van der Waals surface area contributed by atoms with Gasteiger partial charge >= 0.3 is 6.10 Å². The third-order valence-corrected chi connectivity index (χ3v) is 5.26. The molecule has 184 valence electrons. The minimum absolute atomic E-state index is 0.0960. The summed E-state index contributed by atoms with van der Waals surface area (Å²) in [5.41, 5.74) is 0.745. The van der Waals surface area contributed by atoms with Crippen LogP contribution in [0.15, 0.2) is 18.3 Å². The van der Waals surface area contributed by atoms with Crippen LogP contribution in [0.4, 0.5) is 27.5 Å². The number of carbonyl (C=O) groups is 2. The number of benzene rings is 1. The van der Waals surface area contributed by atoms with Crippen molar-refractivity contribution in [2.75, 3.05) is 42.4 Å². The molecular weight excluding hydrogens is 451 g/mol. The zero-order valence-electron chi connectivity index (χ0n) is 18.9. The van der Waals surface area contributed by atoms with E-state index < -0.39 is 23.4 Å². The molecule has 1 aromatic heterocycles. The van der Waals surface area contributed by atoms with E-state index in [1.807, 2.05) is 0 Å². The maximum Gasteiger partial charge on any atom is 0.369 e.